The van der Waals surface area contributed by atoms with E-state index < -0.39 is 0 Å². The molecule has 18 heavy (non-hydrogen) atoms. The number of aliphatic hydroxyl groups is 1. The normalized spacial score (nSPS) is 24.3. The van der Waals surface area contributed by atoms with Crippen LogP contribution in [0.1, 0.15) is 52.4 Å². The Hall–Kier alpha value is -0.120. The summed E-state index contributed by atoms with van der Waals surface area (Å²) in [6.45, 7) is 8.46. The highest BCUT2D eigenvalue weighted by atomic mass is 16.3. The third-order valence-electron chi connectivity index (χ3n) is 4.71. The van der Waals surface area contributed by atoms with Crippen molar-refractivity contribution in [3.8, 4) is 0 Å². The zero-order chi connectivity index (χ0) is 13.4. The van der Waals surface area contributed by atoms with Crippen molar-refractivity contribution in [2.75, 3.05) is 33.3 Å². The van der Waals surface area contributed by atoms with Gasteiger partial charge in [-0.05, 0) is 58.2 Å². The summed E-state index contributed by atoms with van der Waals surface area (Å²) in [7, 11) is 1.97. The van der Waals surface area contributed by atoms with Gasteiger partial charge in [0, 0.05) is 12.1 Å². The first-order valence-electron chi connectivity index (χ1n) is 7.71. The van der Waals surface area contributed by atoms with Gasteiger partial charge in [-0.1, -0.05) is 20.3 Å². The van der Waals surface area contributed by atoms with E-state index in [1.165, 1.54) is 45.3 Å². The van der Waals surface area contributed by atoms with Gasteiger partial charge in [-0.15, -0.1) is 0 Å². The van der Waals surface area contributed by atoms with Crippen molar-refractivity contribution in [1.29, 1.82) is 0 Å². The van der Waals surface area contributed by atoms with Crippen molar-refractivity contribution in [2.45, 2.75) is 57.9 Å². The molecule has 1 aliphatic rings. The molecule has 1 saturated heterocycles. The molecule has 0 aromatic rings. The van der Waals surface area contributed by atoms with Crippen LogP contribution in [0.4, 0.5) is 0 Å². The average Bonchev–Trinajstić information content (AvgIpc) is 2.84. The molecule has 0 amide bonds. The molecule has 3 nitrogen and oxygen atoms in total. The Balaban J connectivity index is 2.22. The Labute approximate surface area is 113 Å². The summed E-state index contributed by atoms with van der Waals surface area (Å²) in [6, 6.07) is 0. The molecule has 0 saturated carbocycles. The summed E-state index contributed by atoms with van der Waals surface area (Å²) >= 11 is 0. The van der Waals surface area contributed by atoms with Crippen LogP contribution in [0.2, 0.25) is 0 Å². The maximum atomic E-state index is 9.50. The molecule has 0 aliphatic carbocycles. The van der Waals surface area contributed by atoms with Crippen LogP contribution in [-0.2, 0) is 0 Å². The number of hydrogen-bond acceptors (Lipinski definition) is 3. The predicted octanol–water partition coefficient (Wildman–Crippen LogP) is 2.25. The van der Waals surface area contributed by atoms with Gasteiger partial charge in [0.05, 0.1) is 6.61 Å². The molecule has 1 heterocycles. The van der Waals surface area contributed by atoms with Crippen molar-refractivity contribution >= 4 is 0 Å². The summed E-state index contributed by atoms with van der Waals surface area (Å²) in [5.74, 6) is 0.938. The van der Waals surface area contributed by atoms with Crippen molar-refractivity contribution in [1.82, 2.24) is 10.2 Å². The van der Waals surface area contributed by atoms with Crippen molar-refractivity contribution < 1.29 is 5.11 Å². The Morgan fingerprint density at radius 1 is 1.39 bits per heavy atom. The van der Waals surface area contributed by atoms with Crippen LogP contribution in [0, 0.1) is 5.92 Å². The fraction of sp³-hybridized carbons (Fsp3) is 1.00. The number of nitrogens with zero attached hydrogens (tertiary/aromatic N) is 1. The van der Waals surface area contributed by atoms with Gasteiger partial charge in [-0.3, -0.25) is 0 Å². The van der Waals surface area contributed by atoms with Crippen molar-refractivity contribution in [3.63, 3.8) is 0 Å². The van der Waals surface area contributed by atoms with Gasteiger partial charge in [-0.25, -0.2) is 0 Å². The molecule has 108 valence electrons. The average molecular weight is 256 g/mol. The van der Waals surface area contributed by atoms with Gasteiger partial charge in [0.25, 0.3) is 0 Å². The van der Waals surface area contributed by atoms with E-state index in [-0.39, 0.29) is 12.1 Å². The molecule has 2 unspecified atom stereocenters. The number of aliphatic hydroxyl groups excluding tert-OH is 1. The quantitative estimate of drug-likeness (QED) is 0.664. The number of likely N-dealkylation sites (tertiary alicyclic amines) is 1. The molecule has 1 rings (SSSR count). The van der Waals surface area contributed by atoms with Gasteiger partial charge in [0.1, 0.15) is 0 Å². The number of nitrogens with one attached hydrogen (secondary N) is 1. The van der Waals surface area contributed by atoms with Gasteiger partial charge in [0.2, 0.25) is 0 Å². The van der Waals surface area contributed by atoms with Crippen LogP contribution in [-0.4, -0.2) is 48.8 Å². The predicted molar refractivity (Wildman–Crippen MR) is 77.9 cm³/mol. The zero-order valence-electron chi connectivity index (χ0n) is 12.5. The van der Waals surface area contributed by atoms with Gasteiger partial charge in [-0.2, -0.15) is 0 Å². The van der Waals surface area contributed by atoms with Crippen molar-refractivity contribution in [3.05, 3.63) is 0 Å². The molecule has 0 aromatic carbocycles. The van der Waals surface area contributed by atoms with E-state index in [0.29, 0.717) is 0 Å². The number of likely N-dealkylation sites (N-methyl/N-ethyl adjacent to an activating group) is 1. The molecule has 2 atom stereocenters. The first-order valence-corrected chi connectivity index (χ1v) is 7.71. The topological polar surface area (TPSA) is 35.5 Å². The number of rotatable bonds is 9. The fourth-order valence-corrected chi connectivity index (χ4v) is 3.15. The molecule has 2 N–H and O–H groups in total. The molecule has 0 radical (unpaired) electrons. The van der Waals surface area contributed by atoms with E-state index in [1.54, 1.807) is 0 Å². The van der Waals surface area contributed by atoms with E-state index in [9.17, 15) is 5.11 Å². The summed E-state index contributed by atoms with van der Waals surface area (Å²) in [5.41, 5.74) is -0.0530. The second kappa shape index (κ2) is 8.13. The highest BCUT2D eigenvalue weighted by molar-refractivity contribution is 4.85. The third kappa shape index (κ3) is 4.52. The van der Waals surface area contributed by atoms with Crippen LogP contribution in [0.3, 0.4) is 0 Å². The second-order valence-electron chi connectivity index (χ2n) is 5.89. The van der Waals surface area contributed by atoms with E-state index in [2.05, 4.69) is 24.1 Å². The molecule has 0 aromatic heterocycles. The lowest BCUT2D eigenvalue weighted by Gasteiger charge is -2.31. The van der Waals surface area contributed by atoms with Crippen LogP contribution >= 0.6 is 0 Å². The molecular weight excluding hydrogens is 224 g/mol. The lowest BCUT2D eigenvalue weighted by Crippen LogP contribution is -2.46. The Morgan fingerprint density at radius 2 is 2.17 bits per heavy atom. The largest absolute Gasteiger partial charge is 0.394 e. The van der Waals surface area contributed by atoms with Gasteiger partial charge in [0.15, 0.2) is 0 Å². The van der Waals surface area contributed by atoms with E-state index in [1.807, 2.05) is 7.05 Å². The molecule has 1 fully saturated rings. The van der Waals surface area contributed by atoms with E-state index in [4.69, 9.17) is 0 Å². The summed E-state index contributed by atoms with van der Waals surface area (Å²) in [4.78, 5) is 2.60. The highest BCUT2D eigenvalue weighted by Gasteiger charge is 2.26. The maximum Gasteiger partial charge on any atom is 0.0613 e. The van der Waals surface area contributed by atoms with E-state index in [0.717, 1.165) is 18.8 Å². The monoisotopic (exact) mass is 256 g/mol. The minimum atomic E-state index is -0.0530. The molecular formula is C15H32N2O. The van der Waals surface area contributed by atoms with E-state index >= 15 is 0 Å². The summed E-state index contributed by atoms with van der Waals surface area (Å²) in [6.07, 6.45) is 7.36. The Bertz CT molecular complexity index is 208. The Morgan fingerprint density at radius 3 is 2.72 bits per heavy atom. The standard InChI is InChI=1S/C15H32N2O/c1-4-7-14-8-11-17(12-14)10-6-9-15(5-2,13-18)16-3/h14,16,18H,4-13H2,1-3H3. The SMILES string of the molecule is CCCC1CCN(CCCC(CC)(CO)NC)C1. The molecule has 0 spiro atoms. The third-order valence-corrected chi connectivity index (χ3v) is 4.71. The first-order chi connectivity index (χ1) is 8.69. The number of hydrogen-bond donors (Lipinski definition) is 2. The molecule has 3 heteroatoms. The van der Waals surface area contributed by atoms with Crippen LogP contribution in [0.5, 0.6) is 0 Å². The minimum absolute atomic E-state index is 0.0530. The minimum Gasteiger partial charge on any atom is -0.394 e. The van der Waals surface area contributed by atoms with Gasteiger partial charge < -0.3 is 15.3 Å². The second-order valence-corrected chi connectivity index (χ2v) is 5.89. The van der Waals surface area contributed by atoms with Gasteiger partial charge >= 0.3 is 0 Å². The Kier molecular flexibility index (Phi) is 7.20. The maximum absolute atomic E-state index is 9.50. The van der Waals surface area contributed by atoms with Crippen LogP contribution in [0.25, 0.3) is 0 Å². The smallest absolute Gasteiger partial charge is 0.0613 e. The van der Waals surface area contributed by atoms with Crippen LogP contribution < -0.4 is 5.32 Å². The highest BCUT2D eigenvalue weighted by Crippen LogP contribution is 2.22. The molecule has 0 bridgehead atoms. The van der Waals surface area contributed by atoms with Crippen molar-refractivity contribution in [2.24, 2.45) is 5.92 Å². The molecule has 1 aliphatic heterocycles. The van der Waals surface area contributed by atoms with Crippen LogP contribution in [0.15, 0.2) is 0 Å². The lowest BCUT2D eigenvalue weighted by molar-refractivity contribution is 0.147. The zero-order valence-corrected chi connectivity index (χ0v) is 12.5. The fourth-order valence-electron chi connectivity index (χ4n) is 3.15. The summed E-state index contributed by atoms with van der Waals surface area (Å²) in [5, 5.41) is 12.8. The first kappa shape index (κ1) is 15.9. The summed E-state index contributed by atoms with van der Waals surface area (Å²) < 4.78 is 0. The lowest BCUT2D eigenvalue weighted by atomic mass is 9.91.